The van der Waals surface area contributed by atoms with Gasteiger partial charge in [0.15, 0.2) is 0 Å². The molecule has 2 unspecified atom stereocenters. The summed E-state index contributed by atoms with van der Waals surface area (Å²) in [5.74, 6) is 0.631. The average molecular weight is 272 g/mol. The van der Waals surface area contributed by atoms with Crippen LogP contribution in [-0.4, -0.2) is 63.5 Å². The first kappa shape index (κ1) is 13.5. The number of nitrogens with zero attached hydrogens (tertiary/aromatic N) is 2. The number of fused-ring (bicyclic) bond motifs is 1. The van der Waals surface area contributed by atoms with Crippen LogP contribution in [0.2, 0.25) is 0 Å². The molecule has 18 heavy (non-hydrogen) atoms. The van der Waals surface area contributed by atoms with Crippen LogP contribution in [0.15, 0.2) is 0 Å². The lowest BCUT2D eigenvalue weighted by atomic mass is 10.0. The summed E-state index contributed by atoms with van der Waals surface area (Å²) in [6.07, 6.45) is 4.82. The highest BCUT2D eigenvalue weighted by Gasteiger charge is 2.37. The molecule has 2 saturated heterocycles. The molecule has 0 spiro atoms. The van der Waals surface area contributed by atoms with Gasteiger partial charge in [-0.2, -0.15) is 0 Å². The SMILES string of the molecule is CS(=O)CCN1CCC(=O)N2CCCCC2C1=O. The molecule has 2 aliphatic heterocycles. The summed E-state index contributed by atoms with van der Waals surface area (Å²) < 4.78 is 11.1. The molecule has 0 aliphatic carbocycles. The molecule has 2 amide bonds. The molecule has 0 radical (unpaired) electrons. The van der Waals surface area contributed by atoms with Crippen molar-refractivity contribution < 1.29 is 13.8 Å². The molecule has 0 aromatic heterocycles. The van der Waals surface area contributed by atoms with Crippen molar-refractivity contribution in [3.05, 3.63) is 0 Å². The second kappa shape index (κ2) is 5.82. The Bertz CT molecular complexity index is 372. The molecule has 2 aliphatic rings. The summed E-state index contributed by atoms with van der Waals surface area (Å²) in [6, 6.07) is -0.265. The molecule has 0 bridgehead atoms. The minimum atomic E-state index is -0.899. The summed E-state index contributed by atoms with van der Waals surface area (Å²) in [5.41, 5.74) is 0. The third-order valence-electron chi connectivity index (χ3n) is 3.66. The standard InChI is InChI=1S/C12H20N2O3S/c1-18(17)9-8-13-7-5-11(15)14-6-3-2-4-10(14)12(13)16/h10H,2-9H2,1H3. The van der Waals surface area contributed by atoms with E-state index in [0.29, 0.717) is 31.8 Å². The van der Waals surface area contributed by atoms with Crippen LogP contribution in [0.3, 0.4) is 0 Å². The Hall–Kier alpha value is -0.910. The van der Waals surface area contributed by atoms with Crippen molar-refractivity contribution >= 4 is 22.6 Å². The van der Waals surface area contributed by atoms with Crippen LogP contribution >= 0.6 is 0 Å². The molecule has 2 atom stereocenters. The lowest BCUT2D eigenvalue weighted by Gasteiger charge is -2.34. The van der Waals surface area contributed by atoms with Gasteiger partial charge >= 0.3 is 0 Å². The Balaban J connectivity index is 2.08. The van der Waals surface area contributed by atoms with Gasteiger partial charge in [0, 0.05) is 48.9 Å². The number of carbonyl (C=O) groups is 2. The molecule has 2 fully saturated rings. The molecule has 5 nitrogen and oxygen atoms in total. The number of amides is 2. The van der Waals surface area contributed by atoms with Crippen LogP contribution in [0.1, 0.15) is 25.7 Å². The van der Waals surface area contributed by atoms with Crippen molar-refractivity contribution in [2.45, 2.75) is 31.7 Å². The van der Waals surface area contributed by atoms with Gasteiger partial charge < -0.3 is 9.80 Å². The van der Waals surface area contributed by atoms with Gasteiger partial charge in [-0.1, -0.05) is 0 Å². The fourth-order valence-electron chi connectivity index (χ4n) is 2.64. The summed E-state index contributed by atoms with van der Waals surface area (Å²) in [6.45, 7) is 1.68. The summed E-state index contributed by atoms with van der Waals surface area (Å²) in [5, 5.41) is 0. The van der Waals surface area contributed by atoms with Gasteiger partial charge in [-0.15, -0.1) is 0 Å². The van der Waals surface area contributed by atoms with Gasteiger partial charge in [0.2, 0.25) is 11.8 Å². The molecular formula is C12H20N2O3S. The second-order valence-corrected chi connectivity index (χ2v) is 6.51. The van der Waals surface area contributed by atoms with Crippen molar-refractivity contribution in [3.8, 4) is 0 Å². The lowest BCUT2D eigenvalue weighted by molar-refractivity contribution is -0.143. The predicted octanol–water partition coefficient (Wildman–Crippen LogP) is -0.0217. The van der Waals surface area contributed by atoms with Gasteiger partial charge in [0.1, 0.15) is 6.04 Å². The van der Waals surface area contributed by atoms with Gasteiger partial charge in [-0.3, -0.25) is 13.8 Å². The van der Waals surface area contributed by atoms with Crippen molar-refractivity contribution in [1.82, 2.24) is 9.80 Å². The molecule has 102 valence electrons. The third kappa shape index (κ3) is 2.91. The minimum absolute atomic E-state index is 0.0472. The number of carbonyl (C=O) groups excluding carboxylic acids is 2. The zero-order valence-corrected chi connectivity index (χ0v) is 11.6. The van der Waals surface area contributed by atoms with E-state index in [4.69, 9.17) is 0 Å². The van der Waals surface area contributed by atoms with Gasteiger partial charge in [-0.25, -0.2) is 0 Å². The van der Waals surface area contributed by atoms with E-state index in [0.717, 1.165) is 19.3 Å². The highest BCUT2D eigenvalue weighted by Crippen LogP contribution is 2.22. The van der Waals surface area contributed by atoms with Crippen LogP contribution in [0, 0.1) is 0 Å². The van der Waals surface area contributed by atoms with Crippen molar-refractivity contribution in [2.75, 3.05) is 31.6 Å². The fourth-order valence-corrected chi connectivity index (χ4v) is 3.12. The van der Waals surface area contributed by atoms with Crippen LogP contribution in [0.4, 0.5) is 0 Å². The number of hydrogen-bond donors (Lipinski definition) is 0. The van der Waals surface area contributed by atoms with Crippen LogP contribution < -0.4 is 0 Å². The van der Waals surface area contributed by atoms with E-state index in [1.807, 2.05) is 0 Å². The molecule has 2 heterocycles. The van der Waals surface area contributed by atoms with Gasteiger partial charge in [-0.05, 0) is 19.3 Å². The molecule has 6 heteroatoms. The number of rotatable bonds is 3. The van der Waals surface area contributed by atoms with E-state index >= 15 is 0 Å². The number of hydrogen-bond acceptors (Lipinski definition) is 3. The zero-order chi connectivity index (χ0) is 13.1. The van der Waals surface area contributed by atoms with Crippen molar-refractivity contribution in [1.29, 1.82) is 0 Å². The second-order valence-electron chi connectivity index (χ2n) is 4.95. The zero-order valence-electron chi connectivity index (χ0n) is 10.8. The smallest absolute Gasteiger partial charge is 0.245 e. The monoisotopic (exact) mass is 272 g/mol. The van der Waals surface area contributed by atoms with Gasteiger partial charge in [0.05, 0.1) is 0 Å². The molecular weight excluding hydrogens is 252 g/mol. The highest BCUT2D eigenvalue weighted by molar-refractivity contribution is 7.84. The van der Waals surface area contributed by atoms with Crippen LogP contribution in [0.25, 0.3) is 0 Å². The van der Waals surface area contributed by atoms with Crippen molar-refractivity contribution in [3.63, 3.8) is 0 Å². The Morgan fingerprint density at radius 1 is 1.28 bits per heavy atom. The van der Waals surface area contributed by atoms with E-state index < -0.39 is 10.8 Å². The predicted molar refractivity (Wildman–Crippen MR) is 69.5 cm³/mol. The molecule has 2 rings (SSSR count). The lowest BCUT2D eigenvalue weighted by Crippen LogP contribution is -2.50. The highest BCUT2D eigenvalue weighted by atomic mass is 32.2. The Morgan fingerprint density at radius 3 is 2.78 bits per heavy atom. The normalized spacial score (nSPS) is 26.8. The summed E-state index contributed by atoms with van der Waals surface area (Å²) in [7, 11) is -0.899. The van der Waals surface area contributed by atoms with Gasteiger partial charge in [0.25, 0.3) is 0 Å². The van der Waals surface area contributed by atoms with Crippen LogP contribution in [0.5, 0.6) is 0 Å². The van der Waals surface area contributed by atoms with E-state index in [9.17, 15) is 13.8 Å². The first-order chi connectivity index (χ1) is 8.59. The summed E-state index contributed by atoms with van der Waals surface area (Å²) in [4.78, 5) is 27.8. The maximum atomic E-state index is 12.4. The summed E-state index contributed by atoms with van der Waals surface area (Å²) >= 11 is 0. The quantitative estimate of drug-likeness (QED) is 0.725. The maximum Gasteiger partial charge on any atom is 0.245 e. The topological polar surface area (TPSA) is 57.7 Å². The molecule has 0 saturated carbocycles. The minimum Gasteiger partial charge on any atom is -0.339 e. The van der Waals surface area contributed by atoms with E-state index in [1.54, 1.807) is 16.1 Å². The Labute approximate surface area is 110 Å². The van der Waals surface area contributed by atoms with E-state index in [2.05, 4.69) is 0 Å². The van der Waals surface area contributed by atoms with E-state index in [-0.39, 0.29) is 17.9 Å². The first-order valence-corrected chi connectivity index (χ1v) is 8.20. The fraction of sp³-hybridized carbons (Fsp3) is 0.833. The number of piperidine rings is 1. The van der Waals surface area contributed by atoms with E-state index in [1.165, 1.54) is 0 Å². The van der Waals surface area contributed by atoms with Crippen molar-refractivity contribution in [2.24, 2.45) is 0 Å². The maximum absolute atomic E-state index is 12.4. The molecule has 0 aromatic carbocycles. The molecule has 0 N–H and O–H groups in total. The Morgan fingerprint density at radius 2 is 2.06 bits per heavy atom. The molecule has 0 aromatic rings. The average Bonchev–Trinajstić information content (AvgIpc) is 2.48. The van der Waals surface area contributed by atoms with Crippen LogP contribution in [-0.2, 0) is 20.4 Å². The first-order valence-electron chi connectivity index (χ1n) is 6.48. The largest absolute Gasteiger partial charge is 0.339 e. The Kier molecular flexibility index (Phi) is 4.37. The third-order valence-corrected chi connectivity index (χ3v) is 4.42.